The fourth-order valence-corrected chi connectivity index (χ4v) is 8.01. The molecule has 0 aliphatic carbocycles. The molecule has 0 unspecified atom stereocenters. The Balaban J connectivity index is 1.21. The molecule has 8 rings (SSSR count). The number of piperidine rings is 1. The summed E-state index contributed by atoms with van der Waals surface area (Å²) < 4.78 is 53.3. The van der Waals surface area contributed by atoms with Gasteiger partial charge in [0.2, 0.25) is 0 Å². The minimum absolute atomic E-state index is 0.000882. The molecule has 7 aromatic rings. The zero-order valence-corrected chi connectivity index (χ0v) is 29.9. The highest BCUT2D eigenvalue weighted by Gasteiger charge is 2.44. The van der Waals surface area contributed by atoms with Crippen LogP contribution in [0.1, 0.15) is 35.2 Å². The van der Waals surface area contributed by atoms with Crippen LogP contribution < -0.4 is 9.64 Å². The van der Waals surface area contributed by atoms with Gasteiger partial charge < -0.3 is 9.64 Å². The maximum atomic E-state index is 15.2. The Morgan fingerprint density at radius 1 is 0.717 bits per heavy atom. The van der Waals surface area contributed by atoms with Crippen LogP contribution in [-0.4, -0.2) is 40.2 Å². The predicted octanol–water partition coefficient (Wildman–Crippen LogP) is 10.7. The Morgan fingerprint density at radius 2 is 1.34 bits per heavy atom. The van der Waals surface area contributed by atoms with E-state index in [1.807, 2.05) is 122 Å². The molecule has 0 bridgehead atoms. The number of ether oxygens (including phenoxy) is 1. The van der Waals surface area contributed by atoms with Crippen LogP contribution in [0.5, 0.6) is 5.75 Å². The molecule has 5 aromatic carbocycles. The number of thioether (sulfide) groups is 1. The lowest BCUT2D eigenvalue weighted by Gasteiger charge is -2.36. The van der Waals surface area contributed by atoms with Crippen molar-refractivity contribution in [2.75, 3.05) is 24.2 Å². The molecule has 3 heterocycles. The van der Waals surface area contributed by atoms with Gasteiger partial charge in [-0.1, -0.05) is 103 Å². The van der Waals surface area contributed by atoms with Crippen molar-refractivity contribution in [1.82, 2.24) is 14.8 Å². The number of halogens is 3. The van der Waals surface area contributed by atoms with Crippen molar-refractivity contribution < 1.29 is 17.9 Å². The predicted molar refractivity (Wildman–Crippen MR) is 207 cm³/mol. The molecule has 0 saturated carbocycles. The van der Waals surface area contributed by atoms with Crippen LogP contribution in [-0.2, 0) is 11.7 Å². The van der Waals surface area contributed by atoms with E-state index in [1.54, 1.807) is 36.3 Å². The molecule has 0 atom stereocenters. The highest BCUT2D eigenvalue weighted by Crippen LogP contribution is 2.45. The van der Waals surface area contributed by atoms with E-state index in [0.717, 1.165) is 64.3 Å². The highest BCUT2D eigenvalue weighted by molar-refractivity contribution is 7.98. The molecule has 1 aliphatic heterocycles. The van der Waals surface area contributed by atoms with E-state index in [-0.39, 0.29) is 11.7 Å². The number of fused-ring (bicyclic) bond motifs is 1. The summed E-state index contributed by atoms with van der Waals surface area (Å²) in [6, 6.07) is 44.2. The first kappa shape index (κ1) is 34.5. The standard InChI is InChI=1S/C44H37F3N4OS/c1-53-37-19-11-18-36(29-37)52-35-23-26-50(27-24-35)41-22-25-48-40-21-20-31(28-38(40)41)39-30-51(49-42(39)44(45,46)47)43(32-12-5-2-6-13-32,33-14-7-3-8-15-33)34-16-9-4-10-17-34/h2-22,25,28-30,35H,23-24,26-27H2,1H3. The number of alkyl halides is 3. The Bertz CT molecular complexity index is 2230. The molecule has 0 amide bonds. The summed E-state index contributed by atoms with van der Waals surface area (Å²) in [4.78, 5) is 8.04. The molecule has 266 valence electrons. The average Bonchev–Trinajstić information content (AvgIpc) is 3.66. The van der Waals surface area contributed by atoms with E-state index in [2.05, 4.69) is 27.1 Å². The van der Waals surface area contributed by atoms with E-state index >= 15 is 13.2 Å². The number of rotatable bonds is 9. The van der Waals surface area contributed by atoms with Crippen LogP contribution in [0.15, 0.2) is 157 Å². The van der Waals surface area contributed by atoms with Gasteiger partial charge in [-0.3, -0.25) is 9.67 Å². The number of pyridine rings is 1. The third kappa shape index (κ3) is 6.66. The average molecular weight is 727 g/mol. The number of hydrogen-bond acceptors (Lipinski definition) is 5. The van der Waals surface area contributed by atoms with Crippen LogP contribution in [0.4, 0.5) is 18.9 Å². The van der Waals surface area contributed by atoms with E-state index in [0.29, 0.717) is 11.1 Å². The molecule has 1 saturated heterocycles. The molecular weight excluding hydrogens is 690 g/mol. The van der Waals surface area contributed by atoms with Gasteiger partial charge in [-0.25, -0.2) is 0 Å². The second-order valence-electron chi connectivity index (χ2n) is 13.2. The third-order valence-electron chi connectivity index (χ3n) is 10.1. The summed E-state index contributed by atoms with van der Waals surface area (Å²) in [5.41, 5.74) is 2.28. The largest absolute Gasteiger partial charge is 0.490 e. The molecule has 2 aromatic heterocycles. The van der Waals surface area contributed by atoms with Gasteiger partial charge in [-0.2, -0.15) is 18.3 Å². The lowest BCUT2D eigenvalue weighted by atomic mass is 9.77. The van der Waals surface area contributed by atoms with Crippen LogP contribution in [0.2, 0.25) is 0 Å². The monoisotopic (exact) mass is 726 g/mol. The van der Waals surface area contributed by atoms with E-state index in [4.69, 9.17) is 4.74 Å². The number of hydrogen-bond donors (Lipinski definition) is 0. The van der Waals surface area contributed by atoms with Crippen molar-refractivity contribution in [2.24, 2.45) is 0 Å². The molecule has 1 fully saturated rings. The summed E-state index contributed by atoms with van der Waals surface area (Å²) >= 11 is 1.68. The second kappa shape index (κ2) is 14.5. The van der Waals surface area contributed by atoms with Crippen molar-refractivity contribution in [3.63, 3.8) is 0 Å². The van der Waals surface area contributed by atoms with E-state index in [1.165, 1.54) is 4.68 Å². The number of anilines is 1. The SMILES string of the molecule is CSc1cccc(OC2CCN(c3ccnc4ccc(-c5cn(C(c6ccccc6)(c6ccccc6)c6ccccc6)nc5C(F)(F)F)cc34)CC2)c1. The van der Waals surface area contributed by atoms with Gasteiger partial charge in [0.15, 0.2) is 5.69 Å². The lowest BCUT2D eigenvalue weighted by Crippen LogP contribution is -2.38. The molecule has 5 nitrogen and oxygen atoms in total. The normalized spacial score (nSPS) is 14.1. The van der Waals surface area contributed by atoms with Gasteiger partial charge in [0.05, 0.1) is 5.52 Å². The Morgan fingerprint density at radius 3 is 1.92 bits per heavy atom. The van der Waals surface area contributed by atoms with Crippen molar-refractivity contribution in [3.05, 3.63) is 174 Å². The zero-order chi connectivity index (χ0) is 36.4. The molecule has 9 heteroatoms. The topological polar surface area (TPSA) is 43.2 Å². The summed E-state index contributed by atoms with van der Waals surface area (Å²) in [5.74, 6) is 0.867. The minimum atomic E-state index is -4.72. The molecule has 0 spiro atoms. The summed E-state index contributed by atoms with van der Waals surface area (Å²) in [5, 5.41) is 5.25. The zero-order valence-electron chi connectivity index (χ0n) is 29.1. The van der Waals surface area contributed by atoms with Gasteiger partial charge in [-0.15, -0.1) is 11.8 Å². The summed E-state index contributed by atoms with van der Waals surface area (Å²) in [7, 11) is 0. The molecular formula is C44H37F3N4OS. The van der Waals surface area contributed by atoms with Crippen molar-refractivity contribution in [1.29, 1.82) is 0 Å². The van der Waals surface area contributed by atoms with Crippen LogP contribution in [0.3, 0.4) is 0 Å². The van der Waals surface area contributed by atoms with Crippen molar-refractivity contribution in [2.45, 2.75) is 35.6 Å². The van der Waals surface area contributed by atoms with Gasteiger partial charge in [0, 0.05) is 59.9 Å². The lowest BCUT2D eigenvalue weighted by molar-refractivity contribution is -0.141. The molecule has 53 heavy (non-hydrogen) atoms. The highest BCUT2D eigenvalue weighted by atomic mass is 32.2. The maximum absolute atomic E-state index is 15.2. The number of benzene rings is 5. The maximum Gasteiger partial charge on any atom is 0.435 e. The first-order valence-electron chi connectivity index (χ1n) is 17.6. The van der Waals surface area contributed by atoms with Gasteiger partial charge in [0.25, 0.3) is 0 Å². The van der Waals surface area contributed by atoms with Gasteiger partial charge in [-0.05, 0) is 64.9 Å². The summed E-state index contributed by atoms with van der Waals surface area (Å²) in [6.45, 7) is 1.49. The Kier molecular flexibility index (Phi) is 9.43. The van der Waals surface area contributed by atoms with E-state index in [9.17, 15) is 0 Å². The van der Waals surface area contributed by atoms with Crippen LogP contribution in [0.25, 0.3) is 22.0 Å². The fraction of sp³-hybridized carbons (Fsp3) is 0.182. The van der Waals surface area contributed by atoms with Crippen molar-refractivity contribution >= 4 is 28.4 Å². The number of nitrogens with zero attached hydrogens (tertiary/aromatic N) is 4. The third-order valence-corrected chi connectivity index (χ3v) is 10.8. The quantitative estimate of drug-likeness (QED) is 0.109. The smallest absolute Gasteiger partial charge is 0.435 e. The molecule has 0 radical (unpaired) electrons. The summed E-state index contributed by atoms with van der Waals surface area (Å²) in [6.07, 6.45) is 2.36. The fourth-order valence-electron chi connectivity index (χ4n) is 7.56. The van der Waals surface area contributed by atoms with Gasteiger partial charge in [0.1, 0.15) is 17.4 Å². The minimum Gasteiger partial charge on any atom is -0.490 e. The molecule has 1 aliphatic rings. The van der Waals surface area contributed by atoms with Crippen LogP contribution >= 0.6 is 11.8 Å². The van der Waals surface area contributed by atoms with E-state index < -0.39 is 17.4 Å². The second-order valence-corrected chi connectivity index (χ2v) is 14.1. The first-order chi connectivity index (χ1) is 25.8. The van der Waals surface area contributed by atoms with Gasteiger partial charge >= 0.3 is 6.18 Å². The Hall–Kier alpha value is -5.54. The Labute approximate surface area is 311 Å². The van der Waals surface area contributed by atoms with Crippen LogP contribution in [0, 0.1) is 0 Å². The van der Waals surface area contributed by atoms with Crippen molar-refractivity contribution in [3.8, 4) is 16.9 Å². The first-order valence-corrected chi connectivity index (χ1v) is 18.9. The molecule has 0 N–H and O–H groups in total. The number of aromatic nitrogens is 3.